The molecule has 1 fully saturated rings. The first kappa shape index (κ1) is 11.3. The van der Waals surface area contributed by atoms with E-state index in [4.69, 9.17) is 9.84 Å². The second-order valence-electron chi connectivity index (χ2n) is 4.82. The lowest BCUT2D eigenvalue weighted by Gasteiger charge is -2.45. The van der Waals surface area contributed by atoms with Crippen molar-refractivity contribution < 1.29 is 14.6 Å². The first-order chi connectivity index (χ1) is 6.35. The van der Waals surface area contributed by atoms with E-state index in [1.165, 1.54) is 0 Å². The number of likely N-dealkylation sites (tertiary alicyclic amines) is 1. The first-order valence-electron chi connectivity index (χ1n) is 4.95. The molecule has 0 spiro atoms. The molecule has 1 aliphatic rings. The monoisotopic (exact) mass is 201 g/mol. The van der Waals surface area contributed by atoms with Crippen molar-refractivity contribution >= 4 is 6.09 Å². The van der Waals surface area contributed by atoms with Crippen LogP contribution in [0, 0.1) is 5.92 Å². The molecule has 1 rings (SSSR count). The summed E-state index contributed by atoms with van der Waals surface area (Å²) in [4.78, 5) is 13.2. The highest BCUT2D eigenvalue weighted by molar-refractivity contribution is 5.69. The molecule has 4 heteroatoms. The summed E-state index contributed by atoms with van der Waals surface area (Å²) in [6.45, 7) is 8.21. The molecule has 0 aromatic heterocycles. The zero-order chi connectivity index (χ0) is 10.9. The third-order valence-electron chi connectivity index (χ3n) is 2.47. The predicted molar refractivity (Wildman–Crippen MR) is 53.0 cm³/mol. The van der Waals surface area contributed by atoms with Crippen molar-refractivity contribution in [2.75, 3.05) is 13.2 Å². The summed E-state index contributed by atoms with van der Waals surface area (Å²) in [5, 5.41) is 8.91. The molecule has 14 heavy (non-hydrogen) atoms. The molecule has 0 unspecified atom stereocenters. The smallest absolute Gasteiger partial charge is 0.410 e. The van der Waals surface area contributed by atoms with Gasteiger partial charge in [-0.3, -0.25) is 0 Å². The molecule has 0 aromatic rings. The van der Waals surface area contributed by atoms with Gasteiger partial charge in [0.1, 0.15) is 5.60 Å². The van der Waals surface area contributed by atoms with Crippen molar-refractivity contribution in [2.24, 2.45) is 5.92 Å². The summed E-state index contributed by atoms with van der Waals surface area (Å²) in [6.07, 6.45) is -0.283. The number of nitrogens with zero attached hydrogens (tertiary/aromatic N) is 1. The van der Waals surface area contributed by atoms with Crippen LogP contribution in [0.2, 0.25) is 0 Å². The lowest BCUT2D eigenvalue weighted by Crippen LogP contribution is -2.59. The fourth-order valence-electron chi connectivity index (χ4n) is 1.46. The molecule has 82 valence electrons. The molecule has 2 atom stereocenters. The summed E-state index contributed by atoms with van der Waals surface area (Å²) >= 11 is 0. The molecule has 1 saturated heterocycles. The Kier molecular flexibility index (Phi) is 3.04. The van der Waals surface area contributed by atoms with Gasteiger partial charge in [-0.15, -0.1) is 0 Å². The number of hydrogen-bond donors (Lipinski definition) is 1. The van der Waals surface area contributed by atoms with Gasteiger partial charge in [0.25, 0.3) is 0 Å². The van der Waals surface area contributed by atoms with Gasteiger partial charge in [-0.25, -0.2) is 4.79 Å². The predicted octanol–water partition coefficient (Wildman–Crippen LogP) is 1.23. The van der Waals surface area contributed by atoms with E-state index < -0.39 is 5.60 Å². The minimum atomic E-state index is -0.443. The molecule has 1 amide bonds. The number of amides is 1. The van der Waals surface area contributed by atoms with E-state index in [0.29, 0.717) is 6.54 Å². The first-order valence-corrected chi connectivity index (χ1v) is 4.95. The average Bonchev–Trinajstić information content (AvgIpc) is 1.99. The minimum absolute atomic E-state index is 0.0925. The topological polar surface area (TPSA) is 49.8 Å². The van der Waals surface area contributed by atoms with Crippen LogP contribution in [0.3, 0.4) is 0 Å². The van der Waals surface area contributed by atoms with E-state index in [1.807, 2.05) is 27.7 Å². The Balaban J connectivity index is 2.42. The van der Waals surface area contributed by atoms with Crippen LogP contribution >= 0.6 is 0 Å². The van der Waals surface area contributed by atoms with Crippen LogP contribution in [0.15, 0.2) is 0 Å². The highest BCUT2D eigenvalue weighted by atomic mass is 16.6. The molecule has 0 saturated carbocycles. The maximum atomic E-state index is 11.5. The van der Waals surface area contributed by atoms with Crippen molar-refractivity contribution in [1.82, 2.24) is 4.90 Å². The maximum Gasteiger partial charge on any atom is 0.410 e. The van der Waals surface area contributed by atoms with Gasteiger partial charge in [0, 0.05) is 25.1 Å². The zero-order valence-electron chi connectivity index (χ0n) is 9.28. The second kappa shape index (κ2) is 3.77. The van der Waals surface area contributed by atoms with Crippen LogP contribution in [-0.2, 0) is 4.74 Å². The van der Waals surface area contributed by atoms with Crippen molar-refractivity contribution in [3.05, 3.63) is 0 Å². The van der Waals surface area contributed by atoms with Gasteiger partial charge in [-0.1, -0.05) is 0 Å². The summed E-state index contributed by atoms with van der Waals surface area (Å²) in [5.41, 5.74) is -0.443. The SMILES string of the molecule is C[C@H]1[C@@H](CO)CN1C(=O)OC(C)(C)C. The van der Waals surface area contributed by atoms with Gasteiger partial charge in [0.2, 0.25) is 0 Å². The van der Waals surface area contributed by atoms with Gasteiger partial charge < -0.3 is 14.7 Å². The maximum absolute atomic E-state index is 11.5. The minimum Gasteiger partial charge on any atom is -0.444 e. The van der Waals surface area contributed by atoms with E-state index in [-0.39, 0.29) is 24.7 Å². The second-order valence-corrected chi connectivity index (χ2v) is 4.82. The number of aliphatic hydroxyl groups excluding tert-OH is 1. The van der Waals surface area contributed by atoms with Crippen molar-refractivity contribution in [3.8, 4) is 0 Å². The van der Waals surface area contributed by atoms with E-state index in [0.717, 1.165) is 0 Å². The Morgan fingerprint density at radius 2 is 2.14 bits per heavy atom. The van der Waals surface area contributed by atoms with E-state index in [1.54, 1.807) is 4.90 Å². The van der Waals surface area contributed by atoms with E-state index in [2.05, 4.69) is 0 Å². The van der Waals surface area contributed by atoms with Gasteiger partial charge in [-0.2, -0.15) is 0 Å². The molecule has 1 heterocycles. The average molecular weight is 201 g/mol. The number of hydrogen-bond acceptors (Lipinski definition) is 3. The standard InChI is InChI=1S/C10H19NO3/c1-7-8(6-12)5-11(7)9(13)14-10(2,3)4/h7-8,12H,5-6H2,1-4H3/t7-,8+/m0/s1. The van der Waals surface area contributed by atoms with Gasteiger partial charge in [-0.05, 0) is 27.7 Å². The Morgan fingerprint density at radius 3 is 2.50 bits per heavy atom. The van der Waals surface area contributed by atoms with Crippen molar-refractivity contribution in [3.63, 3.8) is 0 Å². The lowest BCUT2D eigenvalue weighted by atomic mass is 9.91. The van der Waals surface area contributed by atoms with Crippen molar-refractivity contribution in [2.45, 2.75) is 39.3 Å². The van der Waals surface area contributed by atoms with Gasteiger partial charge >= 0.3 is 6.09 Å². The number of carbonyl (C=O) groups excluding carboxylic acids is 1. The van der Waals surface area contributed by atoms with E-state index in [9.17, 15) is 4.79 Å². The Labute approximate surface area is 84.8 Å². The highest BCUT2D eigenvalue weighted by Gasteiger charge is 2.40. The molecule has 0 aromatic carbocycles. The van der Waals surface area contributed by atoms with E-state index >= 15 is 0 Å². The van der Waals surface area contributed by atoms with Crippen LogP contribution in [0.4, 0.5) is 4.79 Å². The third kappa shape index (κ3) is 2.38. The largest absolute Gasteiger partial charge is 0.444 e. The Bertz CT molecular complexity index is 222. The fraction of sp³-hybridized carbons (Fsp3) is 0.900. The molecule has 4 nitrogen and oxygen atoms in total. The highest BCUT2D eigenvalue weighted by Crippen LogP contribution is 2.25. The molecule has 1 N–H and O–H groups in total. The lowest BCUT2D eigenvalue weighted by molar-refractivity contribution is -0.0372. The molecular formula is C10H19NO3. The van der Waals surface area contributed by atoms with Crippen LogP contribution in [0.1, 0.15) is 27.7 Å². The van der Waals surface area contributed by atoms with Crippen LogP contribution in [0.5, 0.6) is 0 Å². The summed E-state index contributed by atoms with van der Waals surface area (Å²) in [6, 6.07) is 0.0925. The molecule has 0 radical (unpaired) electrons. The van der Waals surface area contributed by atoms with Crippen molar-refractivity contribution in [1.29, 1.82) is 0 Å². The number of rotatable bonds is 1. The van der Waals surface area contributed by atoms with Gasteiger partial charge in [0.15, 0.2) is 0 Å². The normalized spacial score (nSPS) is 27.1. The van der Waals surface area contributed by atoms with Crippen LogP contribution in [0.25, 0.3) is 0 Å². The quantitative estimate of drug-likeness (QED) is 0.694. The van der Waals surface area contributed by atoms with Gasteiger partial charge in [0.05, 0.1) is 0 Å². The molecular weight excluding hydrogens is 182 g/mol. The van der Waals surface area contributed by atoms with Crippen LogP contribution < -0.4 is 0 Å². The summed E-state index contributed by atoms with van der Waals surface area (Å²) < 4.78 is 5.21. The molecule has 0 aliphatic carbocycles. The summed E-state index contributed by atoms with van der Waals surface area (Å²) in [7, 11) is 0. The Hall–Kier alpha value is -0.770. The number of carbonyl (C=O) groups is 1. The Morgan fingerprint density at radius 1 is 1.57 bits per heavy atom. The number of ether oxygens (including phenoxy) is 1. The fourth-order valence-corrected chi connectivity index (χ4v) is 1.46. The summed E-state index contributed by atoms with van der Waals surface area (Å²) in [5.74, 6) is 0.211. The molecule has 1 aliphatic heterocycles. The molecule has 0 bridgehead atoms. The number of aliphatic hydroxyl groups is 1. The van der Waals surface area contributed by atoms with Crippen LogP contribution in [-0.4, -0.2) is 40.9 Å². The zero-order valence-corrected chi connectivity index (χ0v) is 9.28. The third-order valence-corrected chi connectivity index (χ3v) is 2.47.